The minimum Gasteiger partial charge on any atom is -0.309 e. The Morgan fingerprint density at radius 1 is 0.407 bits per heavy atom. The summed E-state index contributed by atoms with van der Waals surface area (Å²) in [6, 6.07) is 67.1. The van der Waals surface area contributed by atoms with Gasteiger partial charge in [-0.1, -0.05) is 133 Å². The first-order valence-electron chi connectivity index (χ1n) is 18.5. The van der Waals surface area contributed by atoms with Crippen molar-refractivity contribution in [2.24, 2.45) is 0 Å². The Labute approximate surface area is 312 Å². The first-order valence-corrected chi connectivity index (χ1v) is 18.5. The predicted octanol–water partition coefficient (Wildman–Crippen LogP) is 13.7. The number of hydrogen-bond acceptors (Lipinski definition) is 0. The molecule has 0 saturated heterocycles. The first-order chi connectivity index (χ1) is 26.7. The highest BCUT2D eigenvalue weighted by atomic mass is 15.0. The van der Waals surface area contributed by atoms with Crippen LogP contribution in [0.2, 0.25) is 0 Å². The van der Waals surface area contributed by atoms with E-state index in [1.54, 1.807) is 0 Å². The first kappa shape index (κ1) is 29.4. The van der Waals surface area contributed by atoms with Gasteiger partial charge in [0, 0.05) is 10.8 Å². The molecule has 0 saturated carbocycles. The van der Waals surface area contributed by atoms with Gasteiger partial charge in [0.25, 0.3) is 0 Å². The SMILES string of the molecule is [C-]#[N+]c1ccc2cc3cc(-c4ccc5c(c4)-c4ccccc4C54c5ccccc5-n5c6ccc(-c7ccccc7)cc6c6cccc4c65)ccc3cc2c1. The van der Waals surface area contributed by atoms with E-state index in [0.29, 0.717) is 5.69 Å². The fourth-order valence-electron chi connectivity index (χ4n) is 9.84. The zero-order valence-corrected chi connectivity index (χ0v) is 29.2. The van der Waals surface area contributed by atoms with Crippen molar-refractivity contribution >= 4 is 49.0 Å². The third-order valence-corrected chi connectivity index (χ3v) is 12.1. The van der Waals surface area contributed by atoms with Gasteiger partial charge in [-0.05, 0) is 126 Å². The summed E-state index contributed by atoms with van der Waals surface area (Å²) in [5.41, 5.74) is 16.7. The lowest BCUT2D eigenvalue weighted by atomic mass is 9.65. The Morgan fingerprint density at radius 2 is 1.07 bits per heavy atom. The molecule has 1 aliphatic heterocycles. The standard InChI is InChI=1S/C52H30N2/c1-53-40-23-20-35-27-38-26-33(18-19-34(38)28-39(35)29-40)37-21-24-46-43(30-37)41-12-5-6-14-45(41)52(46)47-15-7-8-17-50(47)54-49-25-22-36(32-10-3-2-4-11-32)31-44(49)42-13-9-16-48(52)51(42)54/h2-31H. The van der Waals surface area contributed by atoms with E-state index >= 15 is 0 Å². The van der Waals surface area contributed by atoms with Gasteiger partial charge in [-0.15, -0.1) is 0 Å². The van der Waals surface area contributed by atoms with Crippen molar-refractivity contribution in [3.63, 3.8) is 0 Å². The summed E-state index contributed by atoms with van der Waals surface area (Å²) in [4.78, 5) is 3.64. The second kappa shape index (κ2) is 10.7. The predicted molar refractivity (Wildman–Crippen MR) is 224 cm³/mol. The molecule has 1 aromatic heterocycles. The average molecular weight is 683 g/mol. The molecule has 1 spiro atoms. The molecule has 12 rings (SSSR count). The highest BCUT2D eigenvalue weighted by Gasteiger charge is 2.50. The third kappa shape index (κ3) is 3.78. The van der Waals surface area contributed by atoms with Crippen LogP contribution in [0.5, 0.6) is 0 Å². The van der Waals surface area contributed by atoms with Crippen molar-refractivity contribution in [1.29, 1.82) is 0 Å². The molecule has 54 heavy (non-hydrogen) atoms. The highest BCUT2D eigenvalue weighted by Crippen LogP contribution is 2.61. The molecule has 0 fully saturated rings. The summed E-state index contributed by atoms with van der Waals surface area (Å²) >= 11 is 0. The van der Waals surface area contributed by atoms with Crippen LogP contribution >= 0.6 is 0 Å². The molecule has 248 valence electrons. The Morgan fingerprint density at radius 3 is 1.94 bits per heavy atom. The number of para-hydroxylation sites is 2. The van der Waals surface area contributed by atoms with Gasteiger partial charge in [0.2, 0.25) is 0 Å². The average Bonchev–Trinajstić information content (AvgIpc) is 3.72. The quantitative estimate of drug-likeness (QED) is 0.127. The maximum Gasteiger partial charge on any atom is 0.187 e. The smallest absolute Gasteiger partial charge is 0.187 e. The van der Waals surface area contributed by atoms with E-state index in [-0.39, 0.29) is 0 Å². The van der Waals surface area contributed by atoms with Crippen molar-refractivity contribution in [3.8, 4) is 39.1 Å². The second-order valence-electron chi connectivity index (χ2n) is 14.8. The largest absolute Gasteiger partial charge is 0.309 e. The van der Waals surface area contributed by atoms with Crippen LogP contribution in [0.15, 0.2) is 182 Å². The van der Waals surface area contributed by atoms with Crippen LogP contribution in [0.1, 0.15) is 22.3 Å². The summed E-state index contributed by atoms with van der Waals surface area (Å²) < 4.78 is 2.52. The van der Waals surface area contributed by atoms with Crippen LogP contribution < -0.4 is 0 Å². The Hall–Kier alpha value is -7.21. The van der Waals surface area contributed by atoms with Gasteiger partial charge in [-0.25, -0.2) is 4.85 Å². The molecule has 1 aliphatic carbocycles. The molecule has 0 amide bonds. The number of aromatic nitrogens is 1. The maximum absolute atomic E-state index is 7.44. The maximum atomic E-state index is 7.44. The second-order valence-corrected chi connectivity index (χ2v) is 14.8. The van der Waals surface area contributed by atoms with E-state index in [1.807, 2.05) is 12.1 Å². The summed E-state index contributed by atoms with van der Waals surface area (Å²) in [6.45, 7) is 7.44. The molecule has 1 unspecified atom stereocenters. The van der Waals surface area contributed by atoms with Crippen LogP contribution in [-0.2, 0) is 5.41 Å². The van der Waals surface area contributed by atoms with Crippen LogP contribution in [-0.4, -0.2) is 4.57 Å². The monoisotopic (exact) mass is 682 g/mol. The van der Waals surface area contributed by atoms with E-state index in [1.165, 1.54) is 93.9 Å². The Kier molecular flexibility index (Phi) is 5.80. The molecular weight excluding hydrogens is 653 g/mol. The Balaban J connectivity index is 1.10. The van der Waals surface area contributed by atoms with Crippen LogP contribution in [0, 0.1) is 6.57 Å². The lowest BCUT2D eigenvalue weighted by molar-refractivity contribution is 0.748. The van der Waals surface area contributed by atoms with Gasteiger partial charge in [-0.3, -0.25) is 0 Å². The molecule has 2 heteroatoms. The van der Waals surface area contributed by atoms with Gasteiger partial charge in [0.05, 0.1) is 28.7 Å². The molecule has 0 N–H and O–H groups in total. The molecule has 1 atom stereocenters. The van der Waals surface area contributed by atoms with E-state index < -0.39 is 5.41 Å². The molecule has 9 aromatic carbocycles. The number of benzene rings is 9. The molecule has 2 nitrogen and oxygen atoms in total. The third-order valence-electron chi connectivity index (χ3n) is 12.1. The van der Waals surface area contributed by atoms with E-state index in [2.05, 4.69) is 179 Å². The molecular formula is C52H30N2. The zero-order valence-electron chi connectivity index (χ0n) is 29.2. The summed E-state index contributed by atoms with van der Waals surface area (Å²) in [7, 11) is 0. The lowest BCUT2D eigenvalue weighted by Gasteiger charge is -2.39. The number of nitrogens with zero attached hydrogens (tertiary/aromatic N) is 2. The minimum absolute atomic E-state index is 0.473. The summed E-state index contributed by atoms with van der Waals surface area (Å²) in [6.07, 6.45) is 0. The van der Waals surface area contributed by atoms with Crippen LogP contribution in [0.4, 0.5) is 5.69 Å². The van der Waals surface area contributed by atoms with Crippen molar-refractivity contribution in [1.82, 2.24) is 4.57 Å². The molecule has 2 aliphatic rings. The lowest BCUT2D eigenvalue weighted by Crippen LogP contribution is -2.33. The fourth-order valence-corrected chi connectivity index (χ4v) is 9.84. The van der Waals surface area contributed by atoms with Gasteiger partial charge in [0.1, 0.15) is 0 Å². The number of fused-ring (bicyclic) bond motifs is 14. The van der Waals surface area contributed by atoms with Gasteiger partial charge >= 0.3 is 0 Å². The minimum atomic E-state index is -0.473. The van der Waals surface area contributed by atoms with Crippen molar-refractivity contribution in [2.45, 2.75) is 5.41 Å². The van der Waals surface area contributed by atoms with E-state index in [0.717, 1.165) is 10.8 Å². The molecule has 2 heterocycles. The van der Waals surface area contributed by atoms with Crippen molar-refractivity contribution in [3.05, 3.63) is 216 Å². The Bertz CT molecular complexity index is 3290. The topological polar surface area (TPSA) is 9.29 Å². The molecule has 10 aromatic rings. The van der Waals surface area contributed by atoms with Crippen molar-refractivity contribution in [2.75, 3.05) is 0 Å². The number of hydrogen-bond donors (Lipinski definition) is 0. The van der Waals surface area contributed by atoms with Gasteiger partial charge in [-0.2, -0.15) is 0 Å². The van der Waals surface area contributed by atoms with Crippen LogP contribution in [0.25, 0.3) is 87.3 Å². The fraction of sp³-hybridized carbons (Fsp3) is 0.0192. The van der Waals surface area contributed by atoms with Gasteiger partial charge in [0.15, 0.2) is 5.69 Å². The zero-order chi connectivity index (χ0) is 35.5. The van der Waals surface area contributed by atoms with Gasteiger partial charge < -0.3 is 4.57 Å². The normalized spacial score (nSPS) is 15.1. The summed E-state index contributed by atoms with van der Waals surface area (Å²) in [5, 5.41) is 7.18. The van der Waals surface area contributed by atoms with Crippen molar-refractivity contribution < 1.29 is 0 Å². The molecule has 0 radical (unpaired) electrons. The summed E-state index contributed by atoms with van der Waals surface area (Å²) in [5.74, 6) is 0. The number of rotatable bonds is 2. The van der Waals surface area contributed by atoms with E-state index in [9.17, 15) is 0 Å². The van der Waals surface area contributed by atoms with Crippen LogP contribution in [0.3, 0.4) is 0 Å². The highest BCUT2D eigenvalue weighted by molar-refractivity contribution is 6.14. The van der Waals surface area contributed by atoms with E-state index in [4.69, 9.17) is 6.57 Å². The molecule has 0 bridgehead atoms.